The predicted molar refractivity (Wildman–Crippen MR) is 122 cm³/mol. The van der Waals surface area contributed by atoms with Crippen molar-refractivity contribution >= 4 is 17.7 Å². The summed E-state index contributed by atoms with van der Waals surface area (Å²) < 4.78 is 7.44. The van der Waals surface area contributed by atoms with Gasteiger partial charge in [-0.3, -0.25) is 4.79 Å². The van der Waals surface area contributed by atoms with Gasteiger partial charge in [-0.05, 0) is 30.4 Å². The number of unbranched alkanes of at least 4 members (excludes halogenated alkanes) is 1. The van der Waals surface area contributed by atoms with Crippen LogP contribution in [0.1, 0.15) is 88.2 Å². The molecule has 0 saturated carbocycles. The number of hydrogen-bond donors (Lipinski definition) is 0. The topological polar surface area (TPSA) is 80.8 Å². The molecule has 0 fully saturated rings. The standard InChI is InChI=1S/C24H32N4O2S/c1-4-6-9-18(5-2)16-30-22(29)12-13-31-24-26-23-17(3)14-21(28(23)27-24)20-11-8-7-10-19(20)15-25/h7-8,10-11,17-18,21H,4-6,9,12-14,16H2,1-3H3/t17-,18?,21-/m0/s1. The lowest BCUT2D eigenvalue weighted by Crippen LogP contribution is -2.14. The van der Waals surface area contributed by atoms with Crippen LogP contribution in [-0.4, -0.2) is 33.1 Å². The van der Waals surface area contributed by atoms with Gasteiger partial charge < -0.3 is 4.74 Å². The second-order valence-corrected chi connectivity index (χ2v) is 9.31. The molecule has 0 spiro atoms. The van der Waals surface area contributed by atoms with Crippen molar-refractivity contribution in [1.82, 2.24) is 14.8 Å². The van der Waals surface area contributed by atoms with Crippen LogP contribution in [0.5, 0.6) is 0 Å². The van der Waals surface area contributed by atoms with Gasteiger partial charge in [-0.15, -0.1) is 5.10 Å². The maximum absolute atomic E-state index is 12.1. The Kier molecular flexibility index (Phi) is 8.53. The fourth-order valence-corrected chi connectivity index (χ4v) is 4.79. The first kappa shape index (κ1) is 23.3. The number of thioether (sulfide) groups is 1. The third kappa shape index (κ3) is 5.88. The van der Waals surface area contributed by atoms with E-state index in [-0.39, 0.29) is 17.9 Å². The third-order valence-corrected chi connectivity index (χ3v) is 6.79. The van der Waals surface area contributed by atoms with Crippen molar-refractivity contribution in [3.8, 4) is 6.07 Å². The molecule has 0 amide bonds. The van der Waals surface area contributed by atoms with Crippen LogP contribution in [0.3, 0.4) is 0 Å². The van der Waals surface area contributed by atoms with E-state index in [1.807, 2.05) is 28.9 Å². The van der Waals surface area contributed by atoms with E-state index in [0.717, 1.165) is 30.7 Å². The molecular formula is C24H32N4O2S. The third-order valence-electron chi connectivity index (χ3n) is 5.95. The Morgan fingerprint density at radius 3 is 2.94 bits per heavy atom. The van der Waals surface area contributed by atoms with Crippen LogP contribution in [0.25, 0.3) is 0 Å². The van der Waals surface area contributed by atoms with E-state index in [2.05, 4.69) is 26.8 Å². The Morgan fingerprint density at radius 1 is 1.39 bits per heavy atom. The lowest BCUT2D eigenvalue weighted by molar-refractivity contribution is -0.144. The summed E-state index contributed by atoms with van der Waals surface area (Å²) in [4.78, 5) is 16.8. The van der Waals surface area contributed by atoms with Gasteiger partial charge in [-0.25, -0.2) is 9.67 Å². The highest BCUT2D eigenvalue weighted by Gasteiger charge is 2.33. The van der Waals surface area contributed by atoms with Gasteiger partial charge in [0.05, 0.1) is 30.7 Å². The minimum absolute atomic E-state index is 0.0294. The van der Waals surface area contributed by atoms with E-state index in [4.69, 9.17) is 14.8 Å². The summed E-state index contributed by atoms with van der Waals surface area (Å²) in [6.45, 7) is 7.00. The zero-order valence-electron chi connectivity index (χ0n) is 18.7. The van der Waals surface area contributed by atoms with Crippen LogP contribution in [-0.2, 0) is 9.53 Å². The van der Waals surface area contributed by atoms with Gasteiger partial charge in [0.1, 0.15) is 5.82 Å². The average Bonchev–Trinajstić information content (AvgIpc) is 3.33. The number of rotatable bonds is 11. The Morgan fingerprint density at radius 2 is 2.19 bits per heavy atom. The molecule has 7 heteroatoms. The van der Waals surface area contributed by atoms with Crippen LogP contribution >= 0.6 is 11.8 Å². The molecule has 0 bridgehead atoms. The number of nitrogens with zero attached hydrogens (tertiary/aromatic N) is 4. The fourth-order valence-electron chi connectivity index (χ4n) is 4.04. The van der Waals surface area contributed by atoms with Gasteiger partial charge >= 0.3 is 5.97 Å². The van der Waals surface area contributed by atoms with Crippen molar-refractivity contribution < 1.29 is 9.53 Å². The summed E-state index contributed by atoms with van der Waals surface area (Å²) in [5, 5.41) is 14.8. The molecule has 0 radical (unpaired) electrons. The van der Waals surface area contributed by atoms with Gasteiger partial charge in [0, 0.05) is 11.7 Å². The van der Waals surface area contributed by atoms with E-state index in [1.54, 1.807) is 0 Å². The molecule has 1 aliphatic rings. The van der Waals surface area contributed by atoms with E-state index in [0.29, 0.717) is 35.4 Å². The van der Waals surface area contributed by atoms with Crippen molar-refractivity contribution in [2.75, 3.05) is 12.4 Å². The Balaban J connectivity index is 1.54. The molecule has 1 aliphatic heterocycles. The zero-order chi connectivity index (χ0) is 22.2. The Labute approximate surface area is 189 Å². The molecule has 1 aromatic heterocycles. The van der Waals surface area contributed by atoms with Crippen molar-refractivity contribution in [3.05, 3.63) is 41.2 Å². The van der Waals surface area contributed by atoms with Gasteiger partial charge in [-0.1, -0.05) is 70.0 Å². The highest BCUT2D eigenvalue weighted by molar-refractivity contribution is 7.99. The summed E-state index contributed by atoms with van der Waals surface area (Å²) >= 11 is 1.49. The SMILES string of the molecule is CCCCC(CC)COC(=O)CCSc1nc2n(n1)[C@H](c1ccccc1C#N)C[C@@H]2C. The van der Waals surface area contributed by atoms with Crippen LogP contribution in [0.2, 0.25) is 0 Å². The molecule has 2 heterocycles. The molecule has 31 heavy (non-hydrogen) atoms. The van der Waals surface area contributed by atoms with Crippen LogP contribution in [0.4, 0.5) is 0 Å². The predicted octanol–water partition coefficient (Wildman–Crippen LogP) is 5.49. The first-order valence-corrected chi connectivity index (χ1v) is 12.3. The molecule has 0 saturated heterocycles. The summed E-state index contributed by atoms with van der Waals surface area (Å²) in [5.74, 6) is 2.14. The molecule has 6 nitrogen and oxygen atoms in total. The molecule has 3 rings (SSSR count). The molecule has 0 aliphatic carbocycles. The molecule has 1 unspecified atom stereocenters. The first-order chi connectivity index (χ1) is 15.1. The molecule has 166 valence electrons. The maximum atomic E-state index is 12.1. The Bertz CT molecular complexity index is 921. The van der Waals surface area contributed by atoms with Crippen LogP contribution in [0, 0.1) is 17.2 Å². The maximum Gasteiger partial charge on any atom is 0.306 e. The lowest BCUT2D eigenvalue weighted by Gasteiger charge is -2.14. The fraction of sp³-hybridized carbons (Fsp3) is 0.583. The summed E-state index contributed by atoms with van der Waals surface area (Å²) in [5.41, 5.74) is 1.68. The van der Waals surface area contributed by atoms with Gasteiger partial charge in [-0.2, -0.15) is 5.26 Å². The molecule has 1 aromatic carbocycles. The number of esters is 1. The second-order valence-electron chi connectivity index (χ2n) is 8.25. The van der Waals surface area contributed by atoms with E-state index in [9.17, 15) is 10.1 Å². The van der Waals surface area contributed by atoms with E-state index < -0.39 is 0 Å². The number of ether oxygens (including phenoxy) is 1. The minimum Gasteiger partial charge on any atom is -0.465 e. The summed E-state index contributed by atoms with van der Waals surface area (Å²) in [6, 6.07) is 10.0. The number of aromatic nitrogens is 3. The number of carbonyl (C=O) groups is 1. The van der Waals surface area contributed by atoms with Gasteiger partial charge in [0.15, 0.2) is 0 Å². The zero-order valence-corrected chi connectivity index (χ0v) is 19.5. The minimum atomic E-state index is -0.150. The molecule has 3 atom stereocenters. The average molecular weight is 441 g/mol. The number of benzene rings is 1. The quantitative estimate of drug-likeness (QED) is 0.339. The normalized spacial score (nSPS) is 18.4. The van der Waals surface area contributed by atoms with E-state index in [1.165, 1.54) is 24.6 Å². The second kappa shape index (κ2) is 11.3. The highest BCUT2D eigenvalue weighted by Crippen LogP contribution is 2.40. The van der Waals surface area contributed by atoms with Gasteiger partial charge in [0.25, 0.3) is 0 Å². The molecular weight excluding hydrogens is 408 g/mol. The number of hydrogen-bond acceptors (Lipinski definition) is 6. The summed E-state index contributed by atoms with van der Waals surface area (Å²) in [7, 11) is 0. The monoisotopic (exact) mass is 440 g/mol. The van der Waals surface area contributed by atoms with Crippen molar-refractivity contribution in [1.29, 1.82) is 5.26 Å². The van der Waals surface area contributed by atoms with Crippen LogP contribution in [0.15, 0.2) is 29.4 Å². The van der Waals surface area contributed by atoms with Crippen molar-refractivity contribution in [3.63, 3.8) is 0 Å². The molecule has 2 aromatic rings. The highest BCUT2D eigenvalue weighted by atomic mass is 32.2. The Hall–Kier alpha value is -2.33. The number of carbonyl (C=O) groups excluding carboxylic acids is 1. The van der Waals surface area contributed by atoms with Gasteiger partial charge in [0.2, 0.25) is 5.16 Å². The number of fused-ring (bicyclic) bond motifs is 1. The number of nitriles is 1. The lowest BCUT2D eigenvalue weighted by atomic mass is 9.96. The van der Waals surface area contributed by atoms with Crippen LogP contribution < -0.4 is 0 Å². The largest absolute Gasteiger partial charge is 0.465 e. The summed E-state index contributed by atoms with van der Waals surface area (Å²) in [6.07, 6.45) is 5.76. The van der Waals surface area contributed by atoms with E-state index >= 15 is 0 Å². The van der Waals surface area contributed by atoms with Crippen molar-refractivity contribution in [2.24, 2.45) is 5.92 Å². The smallest absolute Gasteiger partial charge is 0.306 e. The molecule has 0 N–H and O–H groups in total. The van der Waals surface area contributed by atoms with Crippen molar-refractivity contribution in [2.45, 2.75) is 76.4 Å². The first-order valence-electron chi connectivity index (χ1n) is 11.3.